The van der Waals surface area contributed by atoms with Crippen LogP contribution in [0.5, 0.6) is 0 Å². The number of aliphatic hydroxyl groups is 1. The highest BCUT2D eigenvalue weighted by Crippen LogP contribution is 2.34. The van der Waals surface area contributed by atoms with Gasteiger partial charge in [0.05, 0.1) is 6.10 Å². The number of benzene rings is 1. The molecule has 1 saturated carbocycles. The average Bonchev–Trinajstić information content (AvgIpc) is 2.46. The molecule has 3 atom stereocenters. The third-order valence-corrected chi connectivity index (χ3v) is 4.63. The zero-order valence-corrected chi connectivity index (χ0v) is 12.5. The van der Waals surface area contributed by atoms with E-state index in [2.05, 4.69) is 37.1 Å². The van der Waals surface area contributed by atoms with Crippen molar-refractivity contribution in [2.45, 2.75) is 58.1 Å². The molecule has 3 unspecified atom stereocenters. The highest BCUT2D eigenvalue weighted by molar-refractivity contribution is 5.55. The SMILES string of the molecule is CCC(O)c1ccccc1N(C)C1CCCCC1C. The van der Waals surface area contributed by atoms with Gasteiger partial charge in [-0.15, -0.1) is 0 Å². The van der Waals surface area contributed by atoms with Crippen molar-refractivity contribution in [3.8, 4) is 0 Å². The molecule has 1 aliphatic carbocycles. The highest BCUT2D eigenvalue weighted by atomic mass is 16.3. The minimum absolute atomic E-state index is 0.349. The van der Waals surface area contributed by atoms with Crippen LogP contribution in [-0.2, 0) is 0 Å². The van der Waals surface area contributed by atoms with Crippen LogP contribution in [0.2, 0.25) is 0 Å². The molecule has 0 amide bonds. The lowest BCUT2D eigenvalue weighted by molar-refractivity contribution is 0.173. The van der Waals surface area contributed by atoms with Crippen LogP contribution in [0.25, 0.3) is 0 Å². The molecule has 1 fully saturated rings. The summed E-state index contributed by atoms with van der Waals surface area (Å²) in [7, 11) is 2.19. The molecule has 0 aliphatic heterocycles. The predicted octanol–water partition coefficient (Wildman–Crippen LogP) is 4.14. The van der Waals surface area contributed by atoms with E-state index in [9.17, 15) is 5.11 Å². The van der Waals surface area contributed by atoms with Gasteiger partial charge in [-0.2, -0.15) is 0 Å². The third-order valence-electron chi connectivity index (χ3n) is 4.63. The molecule has 0 bridgehead atoms. The van der Waals surface area contributed by atoms with Gasteiger partial charge in [-0.25, -0.2) is 0 Å². The first-order chi connectivity index (χ1) is 9.15. The van der Waals surface area contributed by atoms with Gasteiger partial charge in [0.15, 0.2) is 0 Å². The molecule has 0 saturated heterocycles. The maximum absolute atomic E-state index is 10.2. The van der Waals surface area contributed by atoms with E-state index in [4.69, 9.17) is 0 Å². The van der Waals surface area contributed by atoms with Crippen LogP contribution < -0.4 is 4.90 Å². The van der Waals surface area contributed by atoms with Crippen LogP contribution in [0.4, 0.5) is 5.69 Å². The normalized spacial score (nSPS) is 25.1. The summed E-state index contributed by atoms with van der Waals surface area (Å²) in [5.74, 6) is 0.741. The fourth-order valence-corrected chi connectivity index (χ4v) is 3.36. The topological polar surface area (TPSA) is 23.5 Å². The van der Waals surface area contributed by atoms with E-state index < -0.39 is 0 Å². The summed E-state index contributed by atoms with van der Waals surface area (Å²) < 4.78 is 0. The second-order valence-electron chi connectivity index (χ2n) is 5.92. The van der Waals surface area contributed by atoms with Crippen LogP contribution in [0.15, 0.2) is 24.3 Å². The molecule has 1 aliphatic rings. The Kier molecular flexibility index (Phi) is 4.87. The van der Waals surface area contributed by atoms with Crippen LogP contribution in [0.1, 0.15) is 57.6 Å². The molecular formula is C17H27NO. The maximum Gasteiger partial charge on any atom is 0.0807 e. The molecule has 2 nitrogen and oxygen atoms in total. The number of aliphatic hydroxyl groups excluding tert-OH is 1. The molecule has 1 N–H and O–H groups in total. The highest BCUT2D eigenvalue weighted by Gasteiger charge is 2.26. The van der Waals surface area contributed by atoms with Crippen LogP contribution in [0, 0.1) is 5.92 Å². The monoisotopic (exact) mass is 261 g/mol. The molecule has 0 radical (unpaired) electrons. The van der Waals surface area contributed by atoms with Gasteiger partial charge in [0.2, 0.25) is 0 Å². The lowest BCUT2D eigenvalue weighted by Crippen LogP contribution is -2.39. The first kappa shape index (κ1) is 14.4. The van der Waals surface area contributed by atoms with Gasteiger partial charge in [0, 0.05) is 24.3 Å². The van der Waals surface area contributed by atoms with Gasteiger partial charge in [-0.3, -0.25) is 0 Å². The Labute approximate surface area is 117 Å². The number of nitrogens with zero attached hydrogens (tertiary/aromatic N) is 1. The standard InChI is InChI=1S/C17H27NO/c1-4-17(19)14-10-6-8-12-16(14)18(3)15-11-7-5-9-13(15)2/h6,8,10,12-13,15,17,19H,4-5,7,9,11H2,1-3H3. The van der Waals surface area contributed by atoms with Crippen molar-refractivity contribution in [1.82, 2.24) is 0 Å². The molecule has 0 heterocycles. The number of para-hydroxylation sites is 1. The van der Waals surface area contributed by atoms with E-state index in [0.717, 1.165) is 17.9 Å². The molecule has 19 heavy (non-hydrogen) atoms. The smallest absolute Gasteiger partial charge is 0.0807 e. The van der Waals surface area contributed by atoms with Crippen molar-refractivity contribution in [3.05, 3.63) is 29.8 Å². The minimum atomic E-state index is -0.349. The van der Waals surface area contributed by atoms with E-state index in [0.29, 0.717) is 6.04 Å². The Morgan fingerprint density at radius 2 is 1.95 bits per heavy atom. The minimum Gasteiger partial charge on any atom is -0.388 e. The first-order valence-electron chi connectivity index (χ1n) is 7.65. The van der Waals surface area contributed by atoms with Crippen molar-refractivity contribution in [2.75, 3.05) is 11.9 Å². The van der Waals surface area contributed by atoms with Crippen LogP contribution in [-0.4, -0.2) is 18.2 Å². The first-order valence-corrected chi connectivity index (χ1v) is 7.65. The molecule has 0 spiro atoms. The van der Waals surface area contributed by atoms with Gasteiger partial charge >= 0.3 is 0 Å². The molecular weight excluding hydrogens is 234 g/mol. The average molecular weight is 261 g/mol. The largest absolute Gasteiger partial charge is 0.388 e. The summed E-state index contributed by atoms with van der Waals surface area (Å²) in [5.41, 5.74) is 2.28. The van der Waals surface area contributed by atoms with E-state index >= 15 is 0 Å². The fourth-order valence-electron chi connectivity index (χ4n) is 3.36. The van der Waals surface area contributed by atoms with Gasteiger partial charge in [-0.1, -0.05) is 44.9 Å². The van der Waals surface area contributed by atoms with Crippen LogP contribution in [0.3, 0.4) is 0 Å². The summed E-state index contributed by atoms with van der Waals surface area (Å²) in [6.07, 6.45) is 5.72. The Balaban J connectivity index is 2.25. The van der Waals surface area contributed by atoms with Crippen LogP contribution >= 0.6 is 0 Å². The summed E-state index contributed by atoms with van der Waals surface area (Å²) in [5, 5.41) is 10.2. The lowest BCUT2D eigenvalue weighted by atomic mass is 9.84. The van der Waals surface area contributed by atoms with E-state index in [1.165, 1.54) is 31.4 Å². The molecule has 0 aromatic heterocycles. The molecule has 106 valence electrons. The number of hydrogen-bond donors (Lipinski definition) is 1. The lowest BCUT2D eigenvalue weighted by Gasteiger charge is -2.39. The molecule has 1 aromatic rings. The van der Waals surface area contributed by atoms with E-state index in [-0.39, 0.29) is 6.10 Å². The fraction of sp³-hybridized carbons (Fsp3) is 0.647. The van der Waals surface area contributed by atoms with Crippen molar-refractivity contribution in [1.29, 1.82) is 0 Å². The van der Waals surface area contributed by atoms with E-state index in [1.54, 1.807) is 0 Å². The zero-order chi connectivity index (χ0) is 13.8. The Bertz CT molecular complexity index is 404. The van der Waals surface area contributed by atoms with Gasteiger partial charge in [0.1, 0.15) is 0 Å². The summed E-state index contributed by atoms with van der Waals surface area (Å²) in [6.45, 7) is 4.39. The third kappa shape index (κ3) is 3.11. The zero-order valence-electron chi connectivity index (χ0n) is 12.5. The van der Waals surface area contributed by atoms with Gasteiger partial charge < -0.3 is 10.0 Å². The van der Waals surface area contributed by atoms with Crippen molar-refractivity contribution < 1.29 is 5.11 Å². The summed E-state index contributed by atoms with van der Waals surface area (Å²) in [4.78, 5) is 2.40. The Morgan fingerprint density at radius 3 is 2.63 bits per heavy atom. The van der Waals surface area contributed by atoms with E-state index in [1.807, 2.05) is 13.0 Å². The van der Waals surface area contributed by atoms with Crippen molar-refractivity contribution in [2.24, 2.45) is 5.92 Å². The maximum atomic E-state index is 10.2. The number of hydrogen-bond acceptors (Lipinski definition) is 2. The van der Waals surface area contributed by atoms with Crippen molar-refractivity contribution in [3.63, 3.8) is 0 Å². The number of rotatable bonds is 4. The Morgan fingerprint density at radius 1 is 1.26 bits per heavy atom. The van der Waals surface area contributed by atoms with Gasteiger partial charge in [-0.05, 0) is 31.2 Å². The summed E-state index contributed by atoms with van der Waals surface area (Å²) >= 11 is 0. The second kappa shape index (κ2) is 6.42. The molecule has 2 rings (SSSR count). The Hall–Kier alpha value is -1.02. The number of anilines is 1. The molecule has 1 aromatic carbocycles. The second-order valence-corrected chi connectivity index (χ2v) is 5.92. The summed E-state index contributed by atoms with van der Waals surface area (Å²) in [6, 6.07) is 8.92. The van der Waals surface area contributed by atoms with Gasteiger partial charge in [0.25, 0.3) is 0 Å². The predicted molar refractivity (Wildman–Crippen MR) is 81.5 cm³/mol. The quantitative estimate of drug-likeness (QED) is 0.880. The van der Waals surface area contributed by atoms with Crippen molar-refractivity contribution >= 4 is 5.69 Å². The molecule has 2 heteroatoms.